The Morgan fingerprint density at radius 3 is 2.67 bits per heavy atom. The molecule has 0 aromatic heterocycles. The van der Waals surface area contributed by atoms with Crippen LogP contribution < -0.4 is 4.74 Å². The molecule has 11 nitrogen and oxygen atoms in total. The molecule has 2 saturated heterocycles. The molecule has 0 saturated carbocycles. The molecule has 36 heavy (non-hydrogen) atoms. The van der Waals surface area contributed by atoms with Gasteiger partial charge in [0.05, 0.1) is 31.6 Å². The van der Waals surface area contributed by atoms with E-state index < -0.39 is 49.5 Å². The topological polar surface area (TPSA) is 158 Å². The number of ether oxygens (including phenoxy) is 4. The number of nitrogens with zero attached hydrogens (tertiary/aromatic N) is 1. The van der Waals surface area contributed by atoms with Crippen LogP contribution in [0.2, 0.25) is 0 Å². The lowest BCUT2D eigenvalue weighted by Gasteiger charge is -2.48. The molecule has 0 bridgehead atoms. The molecule has 5 N–H and O–H groups in total. The number of piperidine rings is 1. The summed E-state index contributed by atoms with van der Waals surface area (Å²) >= 11 is 0. The maximum absolute atomic E-state index is 13.5. The number of aromatic hydroxyl groups is 1. The SMILES string of the molecule is C=CC1C(OC2OC(CO)C(O)C(O)C2O)OC=C2C(=O)N3CCc4cc(O)c(OC)cc4C3CC21. The summed E-state index contributed by atoms with van der Waals surface area (Å²) < 4.78 is 22.4. The van der Waals surface area contributed by atoms with Crippen molar-refractivity contribution in [2.24, 2.45) is 11.8 Å². The van der Waals surface area contributed by atoms with Crippen LogP contribution in [0.1, 0.15) is 23.6 Å². The fraction of sp³-hybridized carbons (Fsp3) is 0.560. The van der Waals surface area contributed by atoms with Crippen molar-refractivity contribution in [3.63, 3.8) is 0 Å². The van der Waals surface area contributed by atoms with Crippen LogP contribution in [-0.4, -0.2) is 93.6 Å². The van der Waals surface area contributed by atoms with Crippen molar-refractivity contribution >= 4 is 5.91 Å². The van der Waals surface area contributed by atoms with E-state index in [4.69, 9.17) is 18.9 Å². The van der Waals surface area contributed by atoms with Gasteiger partial charge in [-0.15, -0.1) is 6.58 Å². The minimum atomic E-state index is -1.59. The summed E-state index contributed by atoms with van der Waals surface area (Å²) in [6.45, 7) is 3.82. The highest BCUT2D eigenvalue weighted by Gasteiger charge is 2.50. The minimum absolute atomic E-state index is 0.0513. The van der Waals surface area contributed by atoms with Crippen molar-refractivity contribution in [2.45, 2.75) is 55.9 Å². The smallest absolute Gasteiger partial charge is 0.253 e. The summed E-state index contributed by atoms with van der Waals surface area (Å²) in [5.74, 6) is -0.610. The lowest BCUT2D eigenvalue weighted by atomic mass is 9.73. The number of rotatable bonds is 5. The van der Waals surface area contributed by atoms with Gasteiger partial charge in [-0.2, -0.15) is 0 Å². The van der Waals surface area contributed by atoms with Gasteiger partial charge in [0.25, 0.3) is 5.91 Å². The molecule has 9 atom stereocenters. The van der Waals surface area contributed by atoms with Crippen LogP contribution in [0.5, 0.6) is 11.5 Å². The number of phenols is 1. The Labute approximate surface area is 207 Å². The number of phenolic OH excluding ortho intramolecular Hbond substituents is 1. The Kier molecular flexibility index (Phi) is 6.70. The highest BCUT2D eigenvalue weighted by molar-refractivity contribution is 5.95. The summed E-state index contributed by atoms with van der Waals surface area (Å²) in [5.41, 5.74) is 2.34. The van der Waals surface area contributed by atoms with Gasteiger partial charge < -0.3 is 49.4 Å². The second-order valence-corrected chi connectivity index (χ2v) is 9.55. The normalized spacial score (nSPS) is 37.7. The number of fused-ring (bicyclic) bond motifs is 4. The summed E-state index contributed by atoms with van der Waals surface area (Å²) in [7, 11) is 1.47. The predicted molar refractivity (Wildman–Crippen MR) is 122 cm³/mol. The van der Waals surface area contributed by atoms with Gasteiger partial charge in [-0.05, 0) is 36.1 Å². The standard InChI is InChI=1S/C25H31NO10/c1-3-12-14-7-16-13-8-18(33-2)17(28)6-11(13)4-5-26(16)23(32)15(14)10-34-24(12)36-25-22(31)21(30)20(29)19(9-27)35-25/h3,6,8,10,12,14,16,19-22,24-25,27-31H,1,4-5,7,9H2,2H3. The van der Waals surface area contributed by atoms with Crippen LogP contribution in [0.15, 0.2) is 36.6 Å². The predicted octanol–water partition coefficient (Wildman–Crippen LogP) is -0.295. The first-order valence-corrected chi connectivity index (χ1v) is 11.9. The average Bonchev–Trinajstić information content (AvgIpc) is 2.88. The molecular weight excluding hydrogens is 474 g/mol. The molecule has 1 aromatic rings. The minimum Gasteiger partial charge on any atom is -0.504 e. The zero-order chi connectivity index (χ0) is 25.7. The van der Waals surface area contributed by atoms with E-state index >= 15 is 0 Å². The maximum atomic E-state index is 13.5. The number of aliphatic hydroxyl groups excluding tert-OH is 4. The molecule has 0 spiro atoms. The summed E-state index contributed by atoms with van der Waals surface area (Å²) in [4.78, 5) is 15.3. The molecule has 4 aliphatic rings. The summed E-state index contributed by atoms with van der Waals surface area (Å²) in [6, 6.07) is 3.20. The Balaban J connectivity index is 1.42. The van der Waals surface area contributed by atoms with Crippen LogP contribution >= 0.6 is 0 Å². The van der Waals surface area contributed by atoms with Crippen molar-refractivity contribution in [1.82, 2.24) is 4.90 Å². The zero-order valence-corrected chi connectivity index (χ0v) is 19.8. The molecule has 0 aliphatic carbocycles. The van der Waals surface area contributed by atoms with E-state index in [1.54, 1.807) is 23.1 Å². The van der Waals surface area contributed by atoms with Gasteiger partial charge in [-0.25, -0.2) is 0 Å². The Hall–Kier alpha value is -2.67. The number of aliphatic hydroxyl groups is 4. The van der Waals surface area contributed by atoms with Crippen molar-refractivity contribution < 1.29 is 49.3 Å². The summed E-state index contributed by atoms with van der Waals surface area (Å²) in [6.07, 6.45) is -4.08. The number of benzene rings is 1. The number of methoxy groups -OCH3 is 1. The van der Waals surface area contributed by atoms with Gasteiger partial charge in [-0.1, -0.05) is 6.08 Å². The molecule has 11 heteroatoms. The van der Waals surface area contributed by atoms with Crippen molar-refractivity contribution in [3.8, 4) is 11.5 Å². The molecular formula is C25H31NO10. The molecule has 0 radical (unpaired) electrons. The second kappa shape index (κ2) is 9.66. The number of amides is 1. The van der Waals surface area contributed by atoms with E-state index in [0.717, 1.165) is 11.1 Å². The first kappa shape index (κ1) is 25.0. The monoisotopic (exact) mass is 505 g/mol. The summed E-state index contributed by atoms with van der Waals surface area (Å²) in [5, 5.41) is 50.2. The third kappa shape index (κ3) is 3.96. The molecule has 9 unspecified atom stereocenters. The van der Waals surface area contributed by atoms with E-state index in [2.05, 4.69) is 6.58 Å². The van der Waals surface area contributed by atoms with Crippen LogP contribution in [0.3, 0.4) is 0 Å². The van der Waals surface area contributed by atoms with E-state index in [9.17, 15) is 30.3 Å². The third-order valence-electron chi connectivity index (χ3n) is 7.68. The maximum Gasteiger partial charge on any atom is 0.253 e. The number of hydrogen-bond donors (Lipinski definition) is 5. The van der Waals surface area contributed by atoms with Gasteiger partial charge in [0, 0.05) is 18.4 Å². The molecule has 4 heterocycles. The van der Waals surface area contributed by atoms with Gasteiger partial charge in [0.15, 0.2) is 17.8 Å². The van der Waals surface area contributed by atoms with E-state index in [1.807, 2.05) is 0 Å². The Morgan fingerprint density at radius 1 is 1.19 bits per heavy atom. The third-order valence-corrected chi connectivity index (χ3v) is 7.68. The van der Waals surface area contributed by atoms with Gasteiger partial charge in [0.2, 0.25) is 6.29 Å². The number of carbonyl (C=O) groups excluding carboxylic acids is 1. The van der Waals surface area contributed by atoms with Gasteiger partial charge in [-0.3, -0.25) is 4.79 Å². The van der Waals surface area contributed by atoms with Gasteiger partial charge in [0.1, 0.15) is 24.4 Å². The molecule has 1 aromatic carbocycles. The number of carbonyl (C=O) groups is 1. The largest absolute Gasteiger partial charge is 0.504 e. The van der Waals surface area contributed by atoms with Crippen LogP contribution in [0, 0.1) is 11.8 Å². The molecule has 196 valence electrons. The quantitative estimate of drug-likeness (QED) is 0.337. The lowest BCUT2D eigenvalue weighted by molar-refractivity contribution is -0.339. The van der Waals surface area contributed by atoms with Crippen molar-refractivity contribution in [2.75, 3.05) is 20.3 Å². The highest BCUT2D eigenvalue weighted by Crippen LogP contribution is 2.49. The van der Waals surface area contributed by atoms with Crippen LogP contribution in [0.25, 0.3) is 0 Å². The Morgan fingerprint density at radius 2 is 1.97 bits per heavy atom. The Bertz CT molecular complexity index is 1060. The van der Waals surface area contributed by atoms with Crippen LogP contribution in [0.4, 0.5) is 0 Å². The average molecular weight is 506 g/mol. The van der Waals surface area contributed by atoms with E-state index in [0.29, 0.717) is 30.7 Å². The molecule has 4 aliphatic heterocycles. The van der Waals surface area contributed by atoms with Crippen molar-refractivity contribution in [1.29, 1.82) is 0 Å². The fourth-order valence-corrected chi connectivity index (χ4v) is 5.70. The first-order valence-electron chi connectivity index (χ1n) is 11.9. The van der Waals surface area contributed by atoms with Crippen LogP contribution in [-0.2, 0) is 25.4 Å². The lowest BCUT2D eigenvalue weighted by Crippen LogP contribution is -2.60. The van der Waals surface area contributed by atoms with E-state index in [-0.39, 0.29) is 23.6 Å². The number of hydrogen-bond acceptors (Lipinski definition) is 10. The second-order valence-electron chi connectivity index (χ2n) is 9.55. The molecule has 5 rings (SSSR count). The molecule has 2 fully saturated rings. The first-order chi connectivity index (χ1) is 17.3. The molecule has 1 amide bonds. The van der Waals surface area contributed by atoms with Gasteiger partial charge >= 0.3 is 0 Å². The fourth-order valence-electron chi connectivity index (χ4n) is 5.70. The van der Waals surface area contributed by atoms with E-state index in [1.165, 1.54) is 13.4 Å². The van der Waals surface area contributed by atoms with Crippen molar-refractivity contribution in [3.05, 3.63) is 47.7 Å². The highest BCUT2D eigenvalue weighted by atomic mass is 16.8. The zero-order valence-electron chi connectivity index (χ0n) is 19.8.